The zero-order valence-electron chi connectivity index (χ0n) is 19.5. The van der Waals surface area contributed by atoms with Crippen LogP contribution in [0.2, 0.25) is 5.02 Å². The lowest BCUT2D eigenvalue weighted by Crippen LogP contribution is -2.24. The third kappa shape index (κ3) is 6.19. The summed E-state index contributed by atoms with van der Waals surface area (Å²) < 4.78 is 20.1. The number of rotatable bonds is 8. The molecule has 1 aliphatic heterocycles. The van der Waals surface area contributed by atoms with E-state index < -0.39 is 30.2 Å². The number of amides is 2. The number of aliphatic carboxylic acids is 1. The van der Waals surface area contributed by atoms with Crippen molar-refractivity contribution in [3.63, 3.8) is 0 Å². The molecule has 0 fully saturated rings. The van der Waals surface area contributed by atoms with Crippen LogP contribution >= 0.6 is 11.6 Å². The Hall–Kier alpha value is -4.51. The summed E-state index contributed by atoms with van der Waals surface area (Å²) >= 11 is 5.83. The summed E-state index contributed by atoms with van der Waals surface area (Å²) in [5, 5.41) is 14.3. The molecule has 3 aromatic rings. The topological polar surface area (TPSA) is 133 Å². The van der Waals surface area contributed by atoms with Crippen LogP contribution in [-0.4, -0.2) is 65.4 Å². The van der Waals surface area contributed by atoms with Crippen LogP contribution in [0, 0.1) is 5.82 Å². The van der Waals surface area contributed by atoms with E-state index in [1.165, 1.54) is 48.7 Å². The van der Waals surface area contributed by atoms with E-state index in [1.54, 1.807) is 6.07 Å². The van der Waals surface area contributed by atoms with Crippen molar-refractivity contribution in [3.05, 3.63) is 82.3 Å². The summed E-state index contributed by atoms with van der Waals surface area (Å²) in [7, 11) is 1.85. The summed E-state index contributed by atoms with van der Waals surface area (Å²) in [6.07, 6.45) is 1.34. The Morgan fingerprint density at radius 3 is 2.51 bits per heavy atom. The van der Waals surface area contributed by atoms with Crippen LogP contribution < -0.4 is 15.4 Å². The van der Waals surface area contributed by atoms with Gasteiger partial charge in [-0.05, 0) is 42.5 Å². The molecule has 10 nitrogen and oxygen atoms in total. The Kier molecular flexibility index (Phi) is 7.63. The van der Waals surface area contributed by atoms with E-state index in [-0.39, 0.29) is 28.4 Å². The molecule has 0 bridgehead atoms. The summed E-state index contributed by atoms with van der Waals surface area (Å²) in [6.45, 7) is 0.698. The number of carbonyl (C=O) groups excluding carboxylic acids is 2. The van der Waals surface area contributed by atoms with E-state index in [4.69, 9.17) is 21.4 Å². The maximum absolute atomic E-state index is 14.9. The van der Waals surface area contributed by atoms with Crippen molar-refractivity contribution in [2.24, 2.45) is 4.99 Å². The summed E-state index contributed by atoms with van der Waals surface area (Å²) in [6, 6.07) is 11.2. The minimum Gasteiger partial charge on any atom is -0.482 e. The van der Waals surface area contributed by atoms with Crippen LogP contribution in [-0.2, 0) is 4.79 Å². The number of aliphatic imine (C=N–C) groups is 1. The Labute approximate surface area is 215 Å². The van der Waals surface area contributed by atoms with Gasteiger partial charge in [-0.1, -0.05) is 17.7 Å². The maximum Gasteiger partial charge on any atom is 0.341 e. The largest absolute Gasteiger partial charge is 0.482 e. The fourth-order valence-electron chi connectivity index (χ4n) is 3.56. The molecule has 1 aliphatic rings. The van der Waals surface area contributed by atoms with Crippen LogP contribution in [0.15, 0.2) is 59.7 Å². The molecular weight excluding hydrogens is 505 g/mol. The summed E-state index contributed by atoms with van der Waals surface area (Å²) in [5.74, 6) is -2.53. The van der Waals surface area contributed by atoms with Gasteiger partial charge in [-0.15, -0.1) is 0 Å². The van der Waals surface area contributed by atoms with Crippen molar-refractivity contribution in [1.82, 2.24) is 9.88 Å². The lowest BCUT2D eigenvalue weighted by molar-refractivity contribution is -0.139. The van der Waals surface area contributed by atoms with Gasteiger partial charge < -0.3 is 25.4 Å². The van der Waals surface area contributed by atoms with Crippen molar-refractivity contribution in [3.8, 4) is 5.75 Å². The number of hydrogen-bond acceptors (Lipinski definition) is 7. The second-order valence-corrected chi connectivity index (χ2v) is 8.42. The number of amidine groups is 1. The lowest BCUT2D eigenvalue weighted by Gasteiger charge is -2.15. The number of likely N-dealkylation sites (N-methyl/N-ethyl adjacent to an activating group) is 1. The van der Waals surface area contributed by atoms with Gasteiger partial charge >= 0.3 is 5.97 Å². The molecule has 0 atom stereocenters. The Balaban J connectivity index is 1.59. The van der Waals surface area contributed by atoms with Gasteiger partial charge in [-0.3, -0.25) is 14.6 Å². The molecule has 0 saturated carbocycles. The minimum absolute atomic E-state index is 0.0440. The number of nitrogens with one attached hydrogen (secondary N) is 2. The molecule has 0 saturated heterocycles. The second-order valence-electron chi connectivity index (χ2n) is 7.98. The molecule has 37 heavy (non-hydrogen) atoms. The summed E-state index contributed by atoms with van der Waals surface area (Å²) in [4.78, 5) is 47.1. The standard InChI is InChI=1S/C25H21ClFN5O5/c1-32-9-8-28-23(32)14-2-5-17(19(27)10-14)24(35)30-20-6-4-16(37-13-22(33)34)11-18(20)25(36)31-21-7-3-15(26)12-29-21/h2-7,10-12H,8-9,13H2,1H3,(H,30,35)(H,33,34)(H,29,31,36). The number of benzene rings is 2. The first-order chi connectivity index (χ1) is 17.7. The Morgan fingerprint density at radius 1 is 1.08 bits per heavy atom. The van der Waals surface area contributed by atoms with E-state index in [9.17, 15) is 18.8 Å². The highest BCUT2D eigenvalue weighted by Gasteiger charge is 2.21. The Morgan fingerprint density at radius 2 is 1.86 bits per heavy atom. The number of carbonyl (C=O) groups is 3. The molecule has 12 heteroatoms. The number of pyridine rings is 1. The number of aromatic nitrogens is 1. The van der Waals surface area contributed by atoms with Gasteiger partial charge in [-0.25, -0.2) is 14.2 Å². The van der Waals surface area contributed by atoms with E-state index in [0.717, 1.165) is 6.54 Å². The minimum atomic E-state index is -1.21. The monoisotopic (exact) mass is 525 g/mol. The third-order valence-corrected chi connectivity index (χ3v) is 5.57. The van der Waals surface area contributed by atoms with Crippen molar-refractivity contribution in [2.75, 3.05) is 37.4 Å². The number of carboxylic acids is 1. The van der Waals surface area contributed by atoms with Crippen molar-refractivity contribution >= 4 is 46.7 Å². The highest BCUT2D eigenvalue weighted by atomic mass is 35.5. The number of carboxylic acid groups (broad SMARTS) is 1. The number of anilines is 2. The van der Waals surface area contributed by atoms with Gasteiger partial charge in [0.25, 0.3) is 11.8 Å². The maximum atomic E-state index is 14.9. The molecular formula is C25H21ClFN5O5. The molecule has 2 amide bonds. The van der Waals surface area contributed by atoms with E-state index in [0.29, 0.717) is 23.0 Å². The van der Waals surface area contributed by atoms with Crippen LogP contribution in [0.25, 0.3) is 0 Å². The van der Waals surface area contributed by atoms with Crippen LogP contribution in [0.1, 0.15) is 26.3 Å². The normalized spacial score (nSPS) is 12.6. The molecule has 1 aromatic heterocycles. The van der Waals surface area contributed by atoms with Gasteiger partial charge in [0.1, 0.15) is 23.2 Å². The lowest BCUT2D eigenvalue weighted by atomic mass is 10.1. The van der Waals surface area contributed by atoms with Crippen LogP contribution in [0.4, 0.5) is 15.9 Å². The van der Waals surface area contributed by atoms with Crippen molar-refractivity contribution < 1.29 is 28.6 Å². The molecule has 2 heterocycles. The van der Waals surface area contributed by atoms with Gasteiger partial charge in [-0.2, -0.15) is 0 Å². The summed E-state index contributed by atoms with van der Waals surface area (Å²) in [5.41, 5.74) is 0.293. The Bertz CT molecular complexity index is 1400. The van der Waals surface area contributed by atoms with E-state index >= 15 is 0 Å². The van der Waals surface area contributed by atoms with Gasteiger partial charge in [0.15, 0.2) is 6.61 Å². The first-order valence-corrected chi connectivity index (χ1v) is 11.4. The predicted octanol–water partition coefficient (Wildman–Crippen LogP) is 3.53. The van der Waals surface area contributed by atoms with Crippen LogP contribution in [0.3, 0.4) is 0 Å². The average Bonchev–Trinajstić information content (AvgIpc) is 3.30. The zero-order valence-corrected chi connectivity index (χ0v) is 20.3. The molecule has 0 radical (unpaired) electrons. The van der Waals surface area contributed by atoms with Gasteiger partial charge in [0.2, 0.25) is 0 Å². The smallest absolute Gasteiger partial charge is 0.341 e. The van der Waals surface area contributed by atoms with Gasteiger partial charge in [0, 0.05) is 25.4 Å². The molecule has 0 aliphatic carbocycles. The van der Waals surface area contributed by atoms with E-state index in [1.807, 2.05) is 11.9 Å². The fraction of sp³-hybridized carbons (Fsp3) is 0.160. The molecule has 4 rings (SSSR count). The first-order valence-electron chi connectivity index (χ1n) is 11.0. The number of halogens is 2. The average molecular weight is 526 g/mol. The van der Waals surface area contributed by atoms with Crippen molar-refractivity contribution in [1.29, 1.82) is 0 Å². The highest BCUT2D eigenvalue weighted by Crippen LogP contribution is 2.25. The SMILES string of the molecule is CN1CCN=C1c1ccc(C(=O)Nc2ccc(OCC(=O)O)cc2C(=O)Nc2ccc(Cl)cn2)c(F)c1. The molecule has 2 aromatic carbocycles. The van der Waals surface area contributed by atoms with Crippen LogP contribution in [0.5, 0.6) is 5.75 Å². The number of ether oxygens (including phenoxy) is 1. The number of hydrogen-bond donors (Lipinski definition) is 3. The van der Waals surface area contributed by atoms with Gasteiger partial charge in [0.05, 0.1) is 28.4 Å². The highest BCUT2D eigenvalue weighted by molar-refractivity contribution is 6.30. The predicted molar refractivity (Wildman–Crippen MR) is 135 cm³/mol. The van der Waals surface area contributed by atoms with Crippen molar-refractivity contribution in [2.45, 2.75) is 0 Å². The zero-order chi connectivity index (χ0) is 26.5. The molecule has 0 spiro atoms. The quantitative estimate of drug-likeness (QED) is 0.409. The fourth-order valence-corrected chi connectivity index (χ4v) is 3.67. The number of nitrogens with zero attached hydrogens (tertiary/aromatic N) is 3. The van der Waals surface area contributed by atoms with E-state index in [2.05, 4.69) is 20.6 Å². The second kappa shape index (κ2) is 11.0. The molecule has 3 N–H and O–H groups in total. The first kappa shape index (κ1) is 25.6. The molecule has 190 valence electrons. The third-order valence-electron chi connectivity index (χ3n) is 5.35. The molecule has 0 unspecified atom stereocenters.